The normalized spacial score (nSPS) is 10.6. The fourth-order valence-corrected chi connectivity index (χ4v) is 1.37. The number of hydrogen-bond donors (Lipinski definition) is 1. The number of aromatic nitrogens is 1. The molecule has 0 saturated heterocycles. The van der Waals surface area contributed by atoms with Crippen molar-refractivity contribution >= 4 is 16.6 Å². The minimum Gasteiger partial charge on any atom is -0.396 e. The lowest BCUT2D eigenvalue weighted by atomic mass is 10.1. The van der Waals surface area contributed by atoms with Gasteiger partial charge in [-0.05, 0) is 18.6 Å². The second-order valence-corrected chi connectivity index (χ2v) is 2.97. The third-order valence-electron chi connectivity index (χ3n) is 2.17. The van der Waals surface area contributed by atoms with Crippen molar-refractivity contribution in [3.63, 3.8) is 0 Å². The summed E-state index contributed by atoms with van der Waals surface area (Å²) in [5.41, 5.74) is 7.15. The first-order valence-corrected chi connectivity index (χ1v) is 3.99. The summed E-state index contributed by atoms with van der Waals surface area (Å²) in [5.74, 6) is -0.399. The van der Waals surface area contributed by atoms with Gasteiger partial charge in [-0.3, -0.25) is 4.98 Å². The number of rotatable bonds is 0. The predicted octanol–water partition coefficient (Wildman–Crippen LogP) is 2.26. The second-order valence-electron chi connectivity index (χ2n) is 2.97. The zero-order chi connectivity index (χ0) is 9.42. The maximum Gasteiger partial charge on any atom is 0.148 e. The lowest BCUT2D eigenvalue weighted by Crippen LogP contribution is -1.95. The molecule has 66 valence electrons. The molecule has 3 heteroatoms. The minimum absolute atomic E-state index is 0.209. The van der Waals surface area contributed by atoms with Gasteiger partial charge in [0.2, 0.25) is 0 Å². The van der Waals surface area contributed by atoms with Gasteiger partial charge in [0.25, 0.3) is 0 Å². The molecule has 0 amide bonds. The molecule has 13 heavy (non-hydrogen) atoms. The first-order chi connectivity index (χ1) is 6.20. The highest BCUT2D eigenvalue weighted by Gasteiger charge is 2.06. The van der Waals surface area contributed by atoms with Crippen LogP contribution in [-0.4, -0.2) is 4.98 Å². The largest absolute Gasteiger partial charge is 0.396 e. The van der Waals surface area contributed by atoms with Gasteiger partial charge in [-0.1, -0.05) is 6.07 Å². The molecule has 2 rings (SSSR count). The molecule has 1 heterocycles. The summed E-state index contributed by atoms with van der Waals surface area (Å²) in [5, 5.41) is 0.904. The standard InChI is InChI=1S/C10H9FN2/c1-6-7-3-2-4-13-9(7)5-8(11)10(6)12/h2-5H,12H2,1H3. The Bertz CT molecular complexity index is 466. The number of aryl methyl sites for hydroxylation is 1. The van der Waals surface area contributed by atoms with E-state index in [1.54, 1.807) is 13.1 Å². The van der Waals surface area contributed by atoms with E-state index in [4.69, 9.17) is 5.73 Å². The van der Waals surface area contributed by atoms with Crippen molar-refractivity contribution in [2.45, 2.75) is 6.92 Å². The monoisotopic (exact) mass is 176 g/mol. The van der Waals surface area contributed by atoms with Gasteiger partial charge in [-0.25, -0.2) is 4.39 Å². The highest BCUT2D eigenvalue weighted by atomic mass is 19.1. The fourth-order valence-electron chi connectivity index (χ4n) is 1.37. The molecule has 1 aromatic carbocycles. The molecule has 2 aromatic rings. The predicted molar refractivity (Wildman–Crippen MR) is 50.9 cm³/mol. The van der Waals surface area contributed by atoms with E-state index >= 15 is 0 Å². The van der Waals surface area contributed by atoms with Crippen molar-refractivity contribution in [1.29, 1.82) is 0 Å². The Hall–Kier alpha value is -1.64. The van der Waals surface area contributed by atoms with E-state index in [0.29, 0.717) is 5.52 Å². The zero-order valence-electron chi connectivity index (χ0n) is 7.21. The summed E-state index contributed by atoms with van der Waals surface area (Å²) < 4.78 is 13.1. The molecule has 0 unspecified atom stereocenters. The SMILES string of the molecule is Cc1c(N)c(F)cc2ncccc12. The molecule has 0 fully saturated rings. The maximum atomic E-state index is 13.1. The van der Waals surface area contributed by atoms with Crippen LogP contribution in [0.15, 0.2) is 24.4 Å². The van der Waals surface area contributed by atoms with E-state index in [2.05, 4.69) is 4.98 Å². The number of pyridine rings is 1. The molecule has 0 spiro atoms. The lowest BCUT2D eigenvalue weighted by molar-refractivity contribution is 0.633. The van der Waals surface area contributed by atoms with Crippen molar-refractivity contribution < 1.29 is 4.39 Å². The third-order valence-corrected chi connectivity index (χ3v) is 2.17. The molecule has 1 aromatic heterocycles. The summed E-state index contributed by atoms with van der Waals surface area (Å²) in [6.07, 6.45) is 1.64. The average Bonchev–Trinajstić information content (AvgIpc) is 2.15. The molecule has 2 N–H and O–H groups in total. The van der Waals surface area contributed by atoms with Gasteiger partial charge in [-0.15, -0.1) is 0 Å². The van der Waals surface area contributed by atoms with E-state index in [1.807, 2.05) is 12.1 Å². The van der Waals surface area contributed by atoms with Gasteiger partial charge in [0.15, 0.2) is 0 Å². The van der Waals surface area contributed by atoms with Crippen LogP contribution in [0.25, 0.3) is 10.9 Å². The number of hydrogen-bond acceptors (Lipinski definition) is 2. The summed E-state index contributed by atoms with van der Waals surface area (Å²) in [7, 11) is 0. The summed E-state index contributed by atoms with van der Waals surface area (Å²) in [6, 6.07) is 5.05. The van der Waals surface area contributed by atoms with Gasteiger partial charge in [0.05, 0.1) is 11.2 Å². The number of halogens is 1. The van der Waals surface area contributed by atoms with Crippen molar-refractivity contribution in [2.75, 3.05) is 5.73 Å². The lowest BCUT2D eigenvalue weighted by Gasteiger charge is -2.05. The number of nitrogen functional groups attached to an aromatic ring is 1. The third kappa shape index (κ3) is 1.13. The van der Waals surface area contributed by atoms with E-state index < -0.39 is 5.82 Å². The van der Waals surface area contributed by atoms with E-state index in [0.717, 1.165) is 10.9 Å². The van der Waals surface area contributed by atoms with Crippen LogP contribution in [0.4, 0.5) is 10.1 Å². The second kappa shape index (κ2) is 2.69. The Balaban J connectivity index is 2.94. The van der Waals surface area contributed by atoms with Crippen LogP contribution < -0.4 is 5.73 Å². The first kappa shape index (κ1) is 7.98. The van der Waals surface area contributed by atoms with Crippen LogP contribution >= 0.6 is 0 Å². The molecule has 0 aliphatic heterocycles. The Morgan fingerprint density at radius 2 is 2.23 bits per heavy atom. The van der Waals surface area contributed by atoms with Gasteiger partial charge < -0.3 is 5.73 Å². The topological polar surface area (TPSA) is 38.9 Å². The van der Waals surface area contributed by atoms with Crippen molar-refractivity contribution in [3.05, 3.63) is 35.8 Å². The van der Waals surface area contributed by atoms with Crippen molar-refractivity contribution in [3.8, 4) is 0 Å². The van der Waals surface area contributed by atoms with Gasteiger partial charge in [0.1, 0.15) is 5.82 Å². The van der Waals surface area contributed by atoms with Crippen molar-refractivity contribution in [2.24, 2.45) is 0 Å². The average molecular weight is 176 g/mol. The smallest absolute Gasteiger partial charge is 0.148 e. The van der Waals surface area contributed by atoms with E-state index in [9.17, 15) is 4.39 Å². The van der Waals surface area contributed by atoms with Gasteiger partial charge >= 0.3 is 0 Å². The molecule has 0 saturated carbocycles. The van der Waals surface area contributed by atoms with Crippen molar-refractivity contribution in [1.82, 2.24) is 4.98 Å². The summed E-state index contributed by atoms with van der Waals surface area (Å²) in [4.78, 5) is 4.05. The first-order valence-electron chi connectivity index (χ1n) is 3.99. The number of nitrogens with zero attached hydrogens (tertiary/aromatic N) is 1. The quantitative estimate of drug-likeness (QED) is 0.625. The van der Waals surface area contributed by atoms with Crippen LogP contribution in [-0.2, 0) is 0 Å². The molecular weight excluding hydrogens is 167 g/mol. The number of benzene rings is 1. The van der Waals surface area contributed by atoms with Crippen LogP contribution in [0.1, 0.15) is 5.56 Å². The zero-order valence-corrected chi connectivity index (χ0v) is 7.21. The van der Waals surface area contributed by atoms with E-state index in [-0.39, 0.29) is 5.69 Å². The Labute approximate surface area is 75.2 Å². The Morgan fingerprint density at radius 3 is 3.00 bits per heavy atom. The highest BCUT2D eigenvalue weighted by Crippen LogP contribution is 2.24. The molecular formula is C10H9FN2. The molecule has 2 nitrogen and oxygen atoms in total. The number of anilines is 1. The van der Waals surface area contributed by atoms with Crippen LogP contribution in [0, 0.1) is 12.7 Å². The highest BCUT2D eigenvalue weighted by molar-refractivity contribution is 5.86. The maximum absolute atomic E-state index is 13.1. The number of fused-ring (bicyclic) bond motifs is 1. The van der Waals surface area contributed by atoms with E-state index in [1.165, 1.54) is 6.07 Å². The Morgan fingerprint density at radius 1 is 1.46 bits per heavy atom. The van der Waals surface area contributed by atoms with Gasteiger partial charge in [0, 0.05) is 17.6 Å². The molecule has 0 atom stereocenters. The number of nitrogens with two attached hydrogens (primary N) is 1. The molecule has 0 aliphatic rings. The summed E-state index contributed by atoms with van der Waals surface area (Å²) >= 11 is 0. The molecule has 0 bridgehead atoms. The van der Waals surface area contributed by atoms with Crippen LogP contribution in [0.2, 0.25) is 0 Å². The molecule has 0 aliphatic carbocycles. The van der Waals surface area contributed by atoms with Crippen LogP contribution in [0.3, 0.4) is 0 Å². The fraction of sp³-hybridized carbons (Fsp3) is 0.100. The molecule has 0 radical (unpaired) electrons. The summed E-state index contributed by atoms with van der Waals surface area (Å²) in [6.45, 7) is 1.79. The Kier molecular flexibility index (Phi) is 1.65. The van der Waals surface area contributed by atoms with Crippen LogP contribution in [0.5, 0.6) is 0 Å². The van der Waals surface area contributed by atoms with Gasteiger partial charge in [-0.2, -0.15) is 0 Å². The minimum atomic E-state index is -0.399.